The zero-order valence-corrected chi connectivity index (χ0v) is 18.2. The fourth-order valence-electron chi connectivity index (χ4n) is 5.07. The molecule has 162 valence electrons. The molecule has 0 saturated carbocycles. The summed E-state index contributed by atoms with van der Waals surface area (Å²) in [7, 11) is 0. The van der Waals surface area contributed by atoms with Crippen LogP contribution >= 0.6 is 0 Å². The van der Waals surface area contributed by atoms with Crippen molar-refractivity contribution >= 4 is 11.9 Å². The molecule has 0 radical (unpaired) electrons. The van der Waals surface area contributed by atoms with E-state index in [1.807, 2.05) is 6.08 Å². The fraction of sp³-hybridized carbons (Fsp3) is 0.652. The van der Waals surface area contributed by atoms with Crippen LogP contribution in [-0.2, 0) is 4.74 Å². The van der Waals surface area contributed by atoms with Crippen molar-refractivity contribution in [1.29, 1.82) is 0 Å². The molecular weight excluding hydrogens is 380 g/mol. The lowest BCUT2D eigenvalue weighted by Gasteiger charge is -2.43. The average Bonchev–Trinajstić information content (AvgIpc) is 2.87. The van der Waals surface area contributed by atoms with Crippen LogP contribution in [0.5, 0.6) is 0 Å². The first-order valence-corrected chi connectivity index (χ1v) is 11.0. The van der Waals surface area contributed by atoms with Crippen molar-refractivity contribution in [2.45, 2.75) is 39.7 Å². The molecule has 0 aromatic rings. The molecule has 4 rings (SSSR count). The molecule has 1 aliphatic carbocycles. The van der Waals surface area contributed by atoms with Crippen molar-refractivity contribution in [2.24, 2.45) is 33.2 Å². The SMILES string of the molecule is CC1CCC2=NC(CN3CCOCC3)=CC(C3C=CC([N+](=O)[O-])=CC3C)C2(C)C=N1. The number of hydrogen-bond acceptors (Lipinski definition) is 6. The molecule has 4 aliphatic rings. The maximum atomic E-state index is 11.2. The Balaban J connectivity index is 1.67. The summed E-state index contributed by atoms with van der Waals surface area (Å²) < 4.78 is 5.49. The van der Waals surface area contributed by atoms with E-state index in [0.29, 0.717) is 6.04 Å². The van der Waals surface area contributed by atoms with Gasteiger partial charge in [0, 0.05) is 55.0 Å². The second-order valence-corrected chi connectivity index (χ2v) is 9.22. The predicted octanol–water partition coefficient (Wildman–Crippen LogP) is 3.52. The van der Waals surface area contributed by atoms with Gasteiger partial charge in [0.1, 0.15) is 0 Å². The van der Waals surface area contributed by atoms with Crippen LogP contribution in [0.2, 0.25) is 0 Å². The van der Waals surface area contributed by atoms with Crippen LogP contribution in [-0.4, -0.2) is 60.6 Å². The molecule has 1 fully saturated rings. The molecule has 0 amide bonds. The highest BCUT2D eigenvalue weighted by atomic mass is 16.6. The number of fused-ring (bicyclic) bond motifs is 1. The number of aliphatic imine (C=N–C) groups is 2. The Morgan fingerprint density at radius 3 is 2.77 bits per heavy atom. The van der Waals surface area contributed by atoms with E-state index in [1.54, 1.807) is 12.2 Å². The molecule has 30 heavy (non-hydrogen) atoms. The minimum atomic E-state index is -0.298. The summed E-state index contributed by atoms with van der Waals surface area (Å²) in [6.45, 7) is 10.7. The summed E-state index contributed by atoms with van der Waals surface area (Å²) in [5, 5.41) is 11.2. The highest BCUT2D eigenvalue weighted by Crippen LogP contribution is 2.45. The predicted molar refractivity (Wildman–Crippen MR) is 118 cm³/mol. The molecule has 5 atom stereocenters. The van der Waals surface area contributed by atoms with Gasteiger partial charge < -0.3 is 4.74 Å². The van der Waals surface area contributed by atoms with Crippen molar-refractivity contribution < 1.29 is 9.66 Å². The number of morpholine rings is 1. The maximum Gasteiger partial charge on any atom is 0.265 e. The third-order valence-electron chi connectivity index (χ3n) is 7.01. The van der Waals surface area contributed by atoms with Gasteiger partial charge in [0.15, 0.2) is 0 Å². The van der Waals surface area contributed by atoms with Gasteiger partial charge >= 0.3 is 0 Å². The van der Waals surface area contributed by atoms with E-state index >= 15 is 0 Å². The zero-order valence-electron chi connectivity index (χ0n) is 18.2. The van der Waals surface area contributed by atoms with E-state index in [9.17, 15) is 10.1 Å². The van der Waals surface area contributed by atoms with Crippen molar-refractivity contribution in [2.75, 3.05) is 32.8 Å². The number of ether oxygens (including phenoxy) is 1. The molecule has 0 aromatic carbocycles. The van der Waals surface area contributed by atoms with Crippen LogP contribution in [0, 0.1) is 33.3 Å². The summed E-state index contributed by atoms with van der Waals surface area (Å²) in [5.74, 6) is 0.418. The fourth-order valence-corrected chi connectivity index (χ4v) is 5.07. The quantitative estimate of drug-likeness (QED) is 0.523. The number of rotatable bonds is 4. The standard InChI is InChI=1S/C23H32N4O3/c1-16-12-19(27(28)29)5-6-20(16)21-13-18(14-26-8-10-30-11-9-26)25-22-7-4-17(2)24-15-23(21,22)3/h5-6,12-13,15-17,20-21H,4,7-11,14H2,1-3H3. The molecule has 7 heteroatoms. The van der Waals surface area contributed by atoms with E-state index in [-0.39, 0.29) is 33.8 Å². The lowest BCUT2D eigenvalue weighted by Crippen LogP contribution is -2.45. The van der Waals surface area contributed by atoms with Gasteiger partial charge in [0.05, 0.1) is 23.8 Å². The molecule has 0 N–H and O–H groups in total. The zero-order chi connectivity index (χ0) is 21.3. The number of nitrogens with zero attached hydrogens (tertiary/aromatic N) is 4. The van der Waals surface area contributed by atoms with Gasteiger partial charge in [0.25, 0.3) is 5.70 Å². The van der Waals surface area contributed by atoms with Gasteiger partial charge in [-0.05, 0) is 44.6 Å². The summed E-state index contributed by atoms with van der Waals surface area (Å²) >= 11 is 0. The van der Waals surface area contributed by atoms with E-state index in [0.717, 1.165) is 51.4 Å². The Kier molecular flexibility index (Phi) is 6.02. The van der Waals surface area contributed by atoms with Crippen LogP contribution in [0.3, 0.4) is 0 Å². The number of hydrogen-bond donors (Lipinski definition) is 0. The minimum absolute atomic E-state index is 0.0755. The van der Waals surface area contributed by atoms with Crippen molar-refractivity contribution in [1.82, 2.24) is 4.90 Å². The Morgan fingerprint density at radius 2 is 2.07 bits per heavy atom. The lowest BCUT2D eigenvalue weighted by atomic mass is 9.62. The number of allylic oxidation sites excluding steroid dienone is 4. The third-order valence-corrected chi connectivity index (χ3v) is 7.01. The van der Waals surface area contributed by atoms with Crippen molar-refractivity contribution in [3.05, 3.63) is 45.8 Å². The van der Waals surface area contributed by atoms with Crippen LogP contribution in [0.25, 0.3) is 0 Å². The topological polar surface area (TPSA) is 80.3 Å². The molecule has 0 aromatic heterocycles. The molecule has 7 nitrogen and oxygen atoms in total. The highest BCUT2D eigenvalue weighted by Gasteiger charge is 2.45. The molecule has 3 aliphatic heterocycles. The van der Waals surface area contributed by atoms with E-state index in [2.05, 4.69) is 38.0 Å². The Labute approximate surface area is 178 Å². The summed E-state index contributed by atoms with van der Waals surface area (Å²) in [6, 6.07) is 0.291. The first-order chi connectivity index (χ1) is 14.4. The Morgan fingerprint density at radius 1 is 1.30 bits per heavy atom. The maximum absolute atomic E-state index is 11.2. The largest absolute Gasteiger partial charge is 0.379 e. The summed E-state index contributed by atoms with van der Waals surface area (Å²) in [5.41, 5.74) is 2.25. The van der Waals surface area contributed by atoms with Gasteiger partial charge in [-0.1, -0.05) is 19.1 Å². The third kappa shape index (κ3) is 4.18. The molecule has 0 bridgehead atoms. The van der Waals surface area contributed by atoms with E-state index in [4.69, 9.17) is 14.7 Å². The van der Waals surface area contributed by atoms with Gasteiger partial charge in [-0.3, -0.25) is 25.0 Å². The smallest absolute Gasteiger partial charge is 0.265 e. The van der Waals surface area contributed by atoms with E-state index in [1.165, 1.54) is 5.71 Å². The first-order valence-electron chi connectivity index (χ1n) is 11.0. The van der Waals surface area contributed by atoms with Gasteiger partial charge in [-0.15, -0.1) is 0 Å². The number of nitro groups is 1. The molecule has 1 saturated heterocycles. The van der Waals surface area contributed by atoms with Gasteiger partial charge in [-0.2, -0.15) is 0 Å². The Bertz CT molecular complexity index is 837. The lowest BCUT2D eigenvalue weighted by molar-refractivity contribution is -0.419. The van der Waals surface area contributed by atoms with Crippen LogP contribution in [0.15, 0.2) is 45.7 Å². The van der Waals surface area contributed by atoms with Crippen LogP contribution in [0.4, 0.5) is 0 Å². The highest BCUT2D eigenvalue weighted by molar-refractivity contribution is 6.05. The first kappa shape index (κ1) is 21.1. The van der Waals surface area contributed by atoms with Crippen LogP contribution < -0.4 is 0 Å². The summed E-state index contributed by atoms with van der Waals surface area (Å²) in [6.07, 6.45) is 11.9. The average molecular weight is 413 g/mol. The Hall–Kier alpha value is -2.12. The molecule has 3 heterocycles. The van der Waals surface area contributed by atoms with Crippen molar-refractivity contribution in [3.63, 3.8) is 0 Å². The molecular formula is C23H32N4O3. The second kappa shape index (κ2) is 8.55. The van der Waals surface area contributed by atoms with Crippen molar-refractivity contribution in [3.8, 4) is 0 Å². The van der Waals surface area contributed by atoms with Crippen LogP contribution in [0.1, 0.15) is 33.6 Å². The van der Waals surface area contributed by atoms with E-state index < -0.39 is 0 Å². The normalized spacial score (nSPS) is 37.0. The minimum Gasteiger partial charge on any atom is -0.379 e. The summed E-state index contributed by atoms with van der Waals surface area (Å²) in [4.78, 5) is 23.3. The van der Waals surface area contributed by atoms with Gasteiger partial charge in [-0.25, -0.2) is 0 Å². The monoisotopic (exact) mass is 412 g/mol. The second-order valence-electron chi connectivity index (χ2n) is 9.22. The molecule has 5 unspecified atom stereocenters. The van der Waals surface area contributed by atoms with Gasteiger partial charge in [0.2, 0.25) is 0 Å². The molecule has 0 spiro atoms.